The summed E-state index contributed by atoms with van der Waals surface area (Å²) in [4.78, 5) is 16.4. The summed E-state index contributed by atoms with van der Waals surface area (Å²) in [5.41, 5.74) is 1.18. The molecule has 0 bridgehead atoms. The summed E-state index contributed by atoms with van der Waals surface area (Å²) in [5.74, 6) is 0. The van der Waals surface area contributed by atoms with Gasteiger partial charge in [0.05, 0.1) is 0 Å². The molecule has 106 valence electrons. The van der Waals surface area contributed by atoms with Crippen LogP contribution in [0.1, 0.15) is 18.9 Å². The first-order valence-corrected chi connectivity index (χ1v) is 7.78. The minimum absolute atomic E-state index is 0.487. The highest BCUT2D eigenvalue weighted by molar-refractivity contribution is 7.98. The summed E-state index contributed by atoms with van der Waals surface area (Å²) in [6.45, 7) is 3.67. The predicted molar refractivity (Wildman–Crippen MR) is 82.5 cm³/mol. The molecule has 0 aliphatic rings. The van der Waals surface area contributed by atoms with Gasteiger partial charge in [-0.15, -0.1) is 11.8 Å². The van der Waals surface area contributed by atoms with Crippen molar-refractivity contribution in [2.75, 3.05) is 26.9 Å². The standard InChI is InChI=1S/C15H24N2OS/c1-13(16(2)3)9-10-17(12-18)11-14-5-7-15(19-4)8-6-14/h5-8,12-13H,9-11H2,1-4H3. The van der Waals surface area contributed by atoms with E-state index >= 15 is 0 Å². The molecule has 19 heavy (non-hydrogen) atoms. The van der Waals surface area contributed by atoms with E-state index in [9.17, 15) is 4.79 Å². The molecule has 0 aromatic heterocycles. The Morgan fingerprint density at radius 3 is 2.37 bits per heavy atom. The van der Waals surface area contributed by atoms with Crippen LogP contribution in [0.15, 0.2) is 29.2 Å². The van der Waals surface area contributed by atoms with Crippen LogP contribution >= 0.6 is 11.8 Å². The third-order valence-electron chi connectivity index (χ3n) is 3.41. The van der Waals surface area contributed by atoms with Crippen LogP contribution in [0.3, 0.4) is 0 Å². The Hall–Kier alpha value is -1.00. The molecule has 0 saturated carbocycles. The molecule has 1 aromatic rings. The van der Waals surface area contributed by atoms with Crippen molar-refractivity contribution in [3.8, 4) is 0 Å². The molecular weight excluding hydrogens is 256 g/mol. The van der Waals surface area contributed by atoms with Gasteiger partial charge in [-0.2, -0.15) is 0 Å². The van der Waals surface area contributed by atoms with E-state index in [1.807, 2.05) is 4.90 Å². The molecule has 0 aliphatic carbocycles. The Balaban J connectivity index is 2.49. The fourth-order valence-corrected chi connectivity index (χ4v) is 2.15. The van der Waals surface area contributed by atoms with E-state index in [4.69, 9.17) is 0 Å². The molecule has 0 N–H and O–H groups in total. The third kappa shape index (κ3) is 5.66. The first-order valence-electron chi connectivity index (χ1n) is 6.55. The minimum atomic E-state index is 0.487. The van der Waals surface area contributed by atoms with Crippen molar-refractivity contribution in [1.29, 1.82) is 0 Å². The van der Waals surface area contributed by atoms with Crippen molar-refractivity contribution >= 4 is 18.2 Å². The maximum atomic E-state index is 11.1. The second-order valence-electron chi connectivity index (χ2n) is 5.03. The second-order valence-corrected chi connectivity index (χ2v) is 5.90. The van der Waals surface area contributed by atoms with Crippen LogP contribution in [-0.2, 0) is 11.3 Å². The molecule has 0 heterocycles. The zero-order valence-corrected chi connectivity index (χ0v) is 13.1. The topological polar surface area (TPSA) is 23.6 Å². The van der Waals surface area contributed by atoms with E-state index in [2.05, 4.69) is 56.4 Å². The number of hydrogen-bond acceptors (Lipinski definition) is 3. The number of amides is 1. The Morgan fingerprint density at radius 1 is 1.26 bits per heavy atom. The molecule has 0 saturated heterocycles. The van der Waals surface area contributed by atoms with E-state index < -0.39 is 0 Å². The minimum Gasteiger partial charge on any atom is -0.341 e. The first-order chi connectivity index (χ1) is 9.06. The Morgan fingerprint density at radius 2 is 1.89 bits per heavy atom. The predicted octanol–water partition coefficient (Wildman–Crippen LogP) is 2.71. The number of benzene rings is 1. The number of thioether (sulfide) groups is 1. The van der Waals surface area contributed by atoms with Crippen molar-refractivity contribution in [3.63, 3.8) is 0 Å². The Bertz CT molecular complexity index is 378. The smallest absolute Gasteiger partial charge is 0.210 e. The molecule has 0 fully saturated rings. The number of nitrogens with zero attached hydrogens (tertiary/aromatic N) is 2. The fourth-order valence-electron chi connectivity index (χ4n) is 1.75. The van der Waals surface area contributed by atoms with Crippen LogP contribution in [-0.4, -0.2) is 49.1 Å². The average molecular weight is 280 g/mol. The number of rotatable bonds is 8. The van der Waals surface area contributed by atoms with Gasteiger partial charge < -0.3 is 9.80 Å². The molecule has 1 aromatic carbocycles. The molecule has 0 aliphatic heterocycles. The summed E-state index contributed by atoms with van der Waals surface area (Å²) in [6, 6.07) is 8.88. The zero-order valence-electron chi connectivity index (χ0n) is 12.3. The van der Waals surface area contributed by atoms with Gasteiger partial charge in [-0.25, -0.2) is 0 Å². The maximum absolute atomic E-state index is 11.1. The lowest BCUT2D eigenvalue weighted by Crippen LogP contribution is -2.31. The van der Waals surface area contributed by atoms with Gasteiger partial charge in [0.15, 0.2) is 0 Å². The molecule has 0 radical (unpaired) electrons. The van der Waals surface area contributed by atoms with Crippen LogP contribution in [0.2, 0.25) is 0 Å². The Kier molecular flexibility index (Phi) is 6.95. The molecule has 1 rings (SSSR count). The van der Waals surface area contributed by atoms with Gasteiger partial charge in [-0.1, -0.05) is 12.1 Å². The SMILES string of the molecule is CSc1ccc(CN(C=O)CCC(C)N(C)C)cc1. The van der Waals surface area contributed by atoms with Gasteiger partial charge in [0, 0.05) is 24.0 Å². The fraction of sp³-hybridized carbons (Fsp3) is 0.533. The lowest BCUT2D eigenvalue weighted by Gasteiger charge is -2.23. The van der Waals surface area contributed by atoms with Gasteiger partial charge in [0.25, 0.3) is 0 Å². The zero-order chi connectivity index (χ0) is 14.3. The number of carbonyl (C=O) groups is 1. The van der Waals surface area contributed by atoms with Crippen LogP contribution in [0.25, 0.3) is 0 Å². The number of hydrogen-bond donors (Lipinski definition) is 0. The second kappa shape index (κ2) is 8.23. The van der Waals surface area contributed by atoms with E-state index in [-0.39, 0.29) is 0 Å². The van der Waals surface area contributed by atoms with E-state index in [1.165, 1.54) is 10.5 Å². The lowest BCUT2D eigenvalue weighted by molar-refractivity contribution is -0.118. The van der Waals surface area contributed by atoms with Gasteiger partial charge in [0.1, 0.15) is 0 Å². The molecule has 3 nitrogen and oxygen atoms in total. The average Bonchev–Trinajstić information content (AvgIpc) is 2.43. The third-order valence-corrected chi connectivity index (χ3v) is 4.15. The van der Waals surface area contributed by atoms with Gasteiger partial charge >= 0.3 is 0 Å². The van der Waals surface area contributed by atoms with E-state index in [0.717, 1.165) is 19.4 Å². The normalized spacial score (nSPS) is 12.5. The lowest BCUT2D eigenvalue weighted by atomic mass is 10.2. The Labute approximate surface area is 121 Å². The van der Waals surface area contributed by atoms with Crippen molar-refractivity contribution in [3.05, 3.63) is 29.8 Å². The summed E-state index contributed by atoms with van der Waals surface area (Å²) < 4.78 is 0. The summed E-state index contributed by atoms with van der Waals surface area (Å²) in [6.07, 6.45) is 4.01. The van der Waals surface area contributed by atoms with Gasteiger partial charge in [-0.05, 0) is 51.4 Å². The highest BCUT2D eigenvalue weighted by atomic mass is 32.2. The maximum Gasteiger partial charge on any atom is 0.210 e. The van der Waals surface area contributed by atoms with Crippen molar-refractivity contribution in [2.45, 2.75) is 30.8 Å². The summed E-state index contributed by atoms with van der Waals surface area (Å²) in [7, 11) is 4.13. The van der Waals surface area contributed by atoms with Crippen LogP contribution in [0.5, 0.6) is 0 Å². The summed E-state index contributed by atoms with van der Waals surface area (Å²) in [5, 5.41) is 0. The van der Waals surface area contributed by atoms with Gasteiger partial charge in [-0.3, -0.25) is 4.79 Å². The molecule has 1 atom stereocenters. The van der Waals surface area contributed by atoms with Crippen LogP contribution in [0, 0.1) is 0 Å². The van der Waals surface area contributed by atoms with E-state index in [0.29, 0.717) is 12.6 Å². The summed E-state index contributed by atoms with van der Waals surface area (Å²) >= 11 is 1.73. The largest absolute Gasteiger partial charge is 0.341 e. The van der Waals surface area contributed by atoms with Gasteiger partial charge in [0.2, 0.25) is 6.41 Å². The quantitative estimate of drug-likeness (QED) is 0.540. The molecule has 1 amide bonds. The monoisotopic (exact) mass is 280 g/mol. The van der Waals surface area contributed by atoms with Crippen molar-refractivity contribution in [1.82, 2.24) is 9.80 Å². The molecule has 1 unspecified atom stereocenters. The van der Waals surface area contributed by atoms with Crippen LogP contribution in [0.4, 0.5) is 0 Å². The molecule has 4 heteroatoms. The molecular formula is C15H24N2OS. The molecule has 0 spiro atoms. The van der Waals surface area contributed by atoms with Crippen molar-refractivity contribution < 1.29 is 4.79 Å². The highest BCUT2D eigenvalue weighted by Crippen LogP contribution is 2.15. The number of carbonyl (C=O) groups excluding carboxylic acids is 1. The van der Waals surface area contributed by atoms with Crippen LogP contribution < -0.4 is 0 Å². The highest BCUT2D eigenvalue weighted by Gasteiger charge is 2.08. The van der Waals surface area contributed by atoms with Crippen molar-refractivity contribution in [2.24, 2.45) is 0 Å². The van der Waals surface area contributed by atoms with E-state index in [1.54, 1.807) is 11.8 Å². The first kappa shape index (κ1) is 16.1.